The van der Waals surface area contributed by atoms with Crippen molar-refractivity contribution in [3.05, 3.63) is 34.1 Å². The lowest BCUT2D eigenvalue weighted by Crippen LogP contribution is -2.37. The molecule has 1 heterocycles. The Morgan fingerprint density at radius 3 is 3.00 bits per heavy atom. The molecule has 1 aromatic carbocycles. The van der Waals surface area contributed by atoms with Gasteiger partial charge < -0.3 is 0 Å². The third-order valence-electron chi connectivity index (χ3n) is 2.99. The summed E-state index contributed by atoms with van der Waals surface area (Å²) in [6.45, 7) is 4.21. The summed E-state index contributed by atoms with van der Waals surface area (Å²) >= 11 is 5.18. The first-order valence-corrected chi connectivity index (χ1v) is 7.20. The van der Waals surface area contributed by atoms with Crippen LogP contribution in [0.15, 0.2) is 22.7 Å². The van der Waals surface area contributed by atoms with Crippen LogP contribution in [0.2, 0.25) is 0 Å². The average molecular weight is 304 g/mol. The summed E-state index contributed by atoms with van der Waals surface area (Å²) < 4.78 is 14.7. The monoisotopic (exact) mass is 303 g/mol. The summed E-state index contributed by atoms with van der Waals surface area (Å²) in [7, 11) is 0. The Kier molecular flexibility index (Phi) is 3.62. The molecule has 2 unspecified atom stereocenters. The Labute approximate surface area is 108 Å². The number of rotatable bonds is 2. The van der Waals surface area contributed by atoms with Gasteiger partial charge in [0.2, 0.25) is 0 Å². The zero-order valence-electron chi connectivity index (χ0n) is 9.39. The van der Waals surface area contributed by atoms with Crippen LogP contribution in [-0.2, 0) is 4.87 Å². The predicted molar refractivity (Wildman–Crippen MR) is 71.1 cm³/mol. The maximum atomic E-state index is 13.8. The zero-order chi connectivity index (χ0) is 11.8. The molecule has 1 aromatic rings. The number of hydrogen-bond donors (Lipinski definition) is 1. The van der Waals surface area contributed by atoms with Gasteiger partial charge in [0.1, 0.15) is 5.82 Å². The quantitative estimate of drug-likeness (QED) is 0.890. The lowest BCUT2D eigenvalue weighted by atomic mass is 10.1. The van der Waals surface area contributed by atoms with E-state index in [0.717, 1.165) is 22.2 Å². The highest BCUT2D eigenvalue weighted by Crippen LogP contribution is 2.41. The minimum Gasteiger partial charge on any atom is -0.296 e. The van der Waals surface area contributed by atoms with Crippen molar-refractivity contribution >= 4 is 27.7 Å². The maximum absolute atomic E-state index is 13.8. The second kappa shape index (κ2) is 4.67. The van der Waals surface area contributed by atoms with E-state index < -0.39 is 0 Å². The molecule has 16 heavy (non-hydrogen) atoms. The van der Waals surface area contributed by atoms with Crippen molar-refractivity contribution in [2.75, 3.05) is 5.75 Å². The van der Waals surface area contributed by atoms with Gasteiger partial charge in [-0.3, -0.25) is 5.32 Å². The van der Waals surface area contributed by atoms with Gasteiger partial charge in [0.05, 0.1) is 4.87 Å². The fourth-order valence-electron chi connectivity index (χ4n) is 1.98. The molecule has 0 radical (unpaired) electrons. The van der Waals surface area contributed by atoms with E-state index in [1.165, 1.54) is 6.07 Å². The van der Waals surface area contributed by atoms with Gasteiger partial charge in [-0.05, 0) is 31.5 Å². The molecule has 1 aliphatic rings. The van der Waals surface area contributed by atoms with E-state index in [-0.39, 0.29) is 10.7 Å². The minimum absolute atomic E-state index is 0.137. The molecule has 0 aromatic heterocycles. The van der Waals surface area contributed by atoms with E-state index in [0.29, 0.717) is 6.04 Å². The van der Waals surface area contributed by atoms with Crippen LogP contribution >= 0.6 is 27.7 Å². The Hall–Kier alpha value is -0.0600. The fraction of sp³-hybridized carbons (Fsp3) is 0.500. The van der Waals surface area contributed by atoms with E-state index in [1.54, 1.807) is 17.8 Å². The normalized spacial score (nSPS) is 29.6. The van der Waals surface area contributed by atoms with E-state index in [1.807, 2.05) is 6.07 Å². The summed E-state index contributed by atoms with van der Waals surface area (Å²) in [5.74, 6) is 0.904. The van der Waals surface area contributed by atoms with Crippen molar-refractivity contribution in [3.8, 4) is 0 Å². The Morgan fingerprint density at radius 2 is 2.38 bits per heavy atom. The maximum Gasteiger partial charge on any atom is 0.129 e. The SMILES string of the molecule is CCC1CSC(C)(c2cc(Br)ccc2F)N1. The molecule has 1 aliphatic heterocycles. The van der Waals surface area contributed by atoms with Crippen LogP contribution < -0.4 is 5.32 Å². The minimum atomic E-state index is -0.297. The Balaban J connectivity index is 2.33. The number of halogens is 2. The average Bonchev–Trinajstić information content (AvgIpc) is 2.65. The first-order chi connectivity index (χ1) is 7.55. The zero-order valence-corrected chi connectivity index (χ0v) is 11.8. The van der Waals surface area contributed by atoms with Crippen molar-refractivity contribution in [2.24, 2.45) is 0 Å². The van der Waals surface area contributed by atoms with Gasteiger partial charge in [0, 0.05) is 21.8 Å². The van der Waals surface area contributed by atoms with Crippen LogP contribution in [0, 0.1) is 5.82 Å². The van der Waals surface area contributed by atoms with Crippen LogP contribution in [0.4, 0.5) is 4.39 Å². The third-order valence-corrected chi connectivity index (χ3v) is 4.97. The van der Waals surface area contributed by atoms with Crippen molar-refractivity contribution in [2.45, 2.75) is 31.2 Å². The van der Waals surface area contributed by atoms with Crippen LogP contribution in [0.1, 0.15) is 25.8 Å². The standard InChI is InChI=1S/C12H15BrFNS/c1-3-9-7-16-12(2,15-9)10-6-8(13)4-5-11(10)14/h4-6,9,15H,3,7H2,1-2H3. The van der Waals surface area contributed by atoms with Crippen molar-refractivity contribution in [1.29, 1.82) is 0 Å². The van der Waals surface area contributed by atoms with Gasteiger partial charge in [-0.25, -0.2) is 4.39 Å². The molecule has 0 aliphatic carbocycles. The predicted octanol–water partition coefficient (Wildman–Crippen LogP) is 3.88. The molecule has 0 saturated carbocycles. The Morgan fingerprint density at radius 1 is 1.62 bits per heavy atom. The first-order valence-electron chi connectivity index (χ1n) is 5.42. The van der Waals surface area contributed by atoms with Gasteiger partial charge >= 0.3 is 0 Å². The van der Waals surface area contributed by atoms with Gasteiger partial charge in [-0.1, -0.05) is 22.9 Å². The Bertz CT molecular complexity index is 399. The topological polar surface area (TPSA) is 12.0 Å². The smallest absolute Gasteiger partial charge is 0.129 e. The van der Waals surface area contributed by atoms with Crippen molar-refractivity contribution in [3.63, 3.8) is 0 Å². The molecule has 2 atom stereocenters. The van der Waals surface area contributed by atoms with Gasteiger partial charge in [0.15, 0.2) is 0 Å². The highest BCUT2D eigenvalue weighted by atomic mass is 79.9. The van der Waals surface area contributed by atoms with Crippen molar-refractivity contribution in [1.82, 2.24) is 5.32 Å². The van der Waals surface area contributed by atoms with Crippen LogP contribution in [0.25, 0.3) is 0 Å². The van der Waals surface area contributed by atoms with E-state index >= 15 is 0 Å². The summed E-state index contributed by atoms with van der Waals surface area (Å²) in [6, 6.07) is 5.60. The lowest BCUT2D eigenvalue weighted by molar-refractivity contribution is 0.451. The molecular formula is C12H15BrFNS. The number of benzene rings is 1. The first kappa shape index (κ1) is 12.4. The molecule has 1 nitrogen and oxygen atoms in total. The van der Waals surface area contributed by atoms with Crippen LogP contribution in [-0.4, -0.2) is 11.8 Å². The van der Waals surface area contributed by atoms with E-state index in [9.17, 15) is 4.39 Å². The number of thioether (sulfide) groups is 1. The third kappa shape index (κ3) is 2.29. The fourth-order valence-corrected chi connectivity index (χ4v) is 3.76. The van der Waals surface area contributed by atoms with Crippen LogP contribution in [0.5, 0.6) is 0 Å². The molecule has 1 N–H and O–H groups in total. The van der Waals surface area contributed by atoms with Gasteiger partial charge in [-0.15, -0.1) is 11.8 Å². The highest BCUT2D eigenvalue weighted by molar-refractivity contribution is 9.10. The molecule has 88 valence electrons. The molecule has 4 heteroatoms. The molecular weight excluding hydrogens is 289 g/mol. The summed E-state index contributed by atoms with van der Waals surface area (Å²) in [6.07, 6.45) is 1.08. The van der Waals surface area contributed by atoms with Gasteiger partial charge in [0.25, 0.3) is 0 Å². The molecule has 0 spiro atoms. The highest BCUT2D eigenvalue weighted by Gasteiger charge is 2.37. The summed E-state index contributed by atoms with van der Waals surface area (Å²) in [5, 5.41) is 3.50. The molecule has 0 bridgehead atoms. The second-order valence-corrected chi connectivity index (χ2v) is 6.57. The summed E-state index contributed by atoms with van der Waals surface area (Å²) in [4.78, 5) is -0.297. The number of hydrogen-bond acceptors (Lipinski definition) is 2. The molecule has 2 rings (SSSR count). The van der Waals surface area contributed by atoms with Crippen LogP contribution in [0.3, 0.4) is 0 Å². The second-order valence-electron chi connectivity index (χ2n) is 4.22. The number of nitrogens with one attached hydrogen (secondary N) is 1. The van der Waals surface area contributed by atoms with Gasteiger partial charge in [-0.2, -0.15) is 0 Å². The van der Waals surface area contributed by atoms with Crippen molar-refractivity contribution < 1.29 is 4.39 Å². The van der Waals surface area contributed by atoms with E-state index in [4.69, 9.17) is 0 Å². The molecule has 1 fully saturated rings. The van der Waals surface area contributed by atoms with E-state index in [2.05, 4.69) is 35.1 Å². The molecule has 0 amide bonds. The molecule has 1 saturated heterocycles. The lowest BCUT2D eigenvalue weighted by Gasteiger charge is -2.26. The summed E-state index contributed by atoms with van der Waals surface area (Å²) in [5.41, 5.74) is 0.739. The largest absolute Gasteiger partial charge is 0.296 e.